The molecule has 0 unspecified atom stereocenters. The van der Waals surface area contributed by atoms with Crippen molar-refractivity contribution in [1.29, 1.82) is 0 Å². The van der Waals surface area contributed by atoms with Crippen molar-refractivity contribution < 1.29 is 18.0 Å². The topological polar surface area (TPSA) is 32.3 Å². The number of rotatable bonds is 3. The molecule has 1 aromatic rings. The van der Waals surface area contributed by atoms with E-state index in [1.165, 1.54) is 37.5 Å². The Morgan fingerprint density at radius 3 is 2.39 bits per heavy atom. The number of amides is 1. The Morgan fingerprint density at radius 1 is 1.09 bits per heavy atom. The molecule has 1 amide bonds. The van der Waals surface area contributed by atoms with E-state index in [0.29, 0.717) is 6.04 Å². The van der Waals surface area contributed by atoms with Gasteiger partial charge in [0.15, 0.2) is 0 Å². The highest BCUT2D eigenvalue weighted by Gasteiger charge is 2.38. The monoisotopic (exact) mass is 326 g/mol. The van der Waals surface area contributed by atoms with Gasteiger partial charge in [-0.3, -0.25) is 4.79 Å². The van der Waals surface area contributed by atoms with Crippen molar-refractivity contribution >= 4 is 5.91 Å². The first-order valence-corrected chi connectivity index (χ1v) is 8.16. The van der Waals surface area contributed by atoms with Crippen LogP contribution < -0.4 is 5.32 Å². The molecule has 6 heteroatoms. The predicted molar refractivity (Wildman–Crippen MR) is 81.1 cm³/mol. The Labute approximate surface area is 133 Å². The van der Waals surface area contributed by atoms with Crippen molar-refractivity contribution in [3.63, 3.8) is 0 Å². The van der Waals surface area contributed by atoms with Gasteiger partial charge in [-0.15, -0.1) is 0 Å². The van der Waals surface area contributed by atoms with Crippen LogP contribution in [0, 0.1) is 0 Å². The van der Waals surface area contributed by atoms with Crippen LogP contribution in [-0.4, -0.2) is 36.0 Å². The van der Waals surface area contributed by atoms with Gasteiger partial charge >= 0.3 is 6.18 Å². The molecule has 0 spiro atoms. The zero-order chi connectivity index (χ0) is 16.4. The van der Waals surface area contributed by atoms with Crippen LogP contribution in [0.25, 0.3) is 0 Å². The molecule has 1 heterocycles. The maximum atomic E-state index is 13.0. The number of carbonyl (C=O) groups is 1. The van der Waals surface area contributed by atoms with Gasteiger partial charge in [0.2, 0.25) is 0 Å². The van der Waals surface area contributed by atoms with Crippen LogP contribution in [0.2, 0.25) is 0 Å². The van der Waals surface area contributed by atoms with E-state index in [9.17, 15) is 18.0 Å². The Kier molecular flexibility index (Phi) is 4.62. The lowest BCUT2D eigenvalue weighted by Gasteiger charge is -2.44. The van der Waals surface area contributed by atoms with Crippen molar-refractivity contribution in [2.24, 2.45) is 0 Å². The first-order chi connectivity index (χ1) is 10.9. The molecule has 0 aromatic heterocycles. The van der Waals surface area contributed by atoms with E-state index < -0.39 is 17.6 Å². The second-order valence-corrected chi connectivity index (χ2v) is 6.44. The number of hydrogen-bond acceptors (Lipinski definition) is 2. The molecule has 1 aliphatic carbocycles. The van der Waals surface area contributed by atoms with Crippen molar-refractivity contribution in [1.82, 2.24) is 10.2 Å². The molecule has 2 aliphatic rings. The number of hydrogen-bond donors (Lipinski definition) is 1. The predicted octanol–water partition coefficient (Wildman–Crippen LogP) is 3.45. The van der Waals surface area contributed by atoms with E-state index in [1.807, 2.05) is 0 Å². The van der Waals surface area contributed by atoms with Gasteiger partial charge in [0.05, 0.1) is 11.1 Å². The van der Waals surface area contributed by atoms with Gasteiger partial charge in [-0.2, -0.15) is 13.2 Å². The van der Waals surface area contributed by atoms with Crippen LogP contribution >= 0.6 is 0 Å². The van der Waals surface area contributed by atoms with Crippen molar-refractivity contribution in [2.45, 2.75) is 50.4 Å². The minimum atomic E-state index is -4.51. The van der Waals surface area contributed by atoms with Gasteiger partial charge in [-0.05, 0) is 50.9 Å². The third kappa shape index (κ3) is 3.68. The average Bonchev–Trinajstić information content (AvgIpc) is 2.50. The quantitative estimate of drug-likeness (QED) is 0.923. The van der Waals surface area contributed by atoms with Crippen molar-refractivity contribution in [3.05, 3.63) is 35.4 Å². The summed E-state index contributed by atoms with van der Waals surface area (Å²) >= 11 is 0. The standard InChI is InChI=1S/C17H21F3N2O/c18-17(19,20)15-7-3-2-6-14(15)16(23)21-12-10-13(11-12)22-8-4-1-5-9-22/h2-3,6-7,12-13H,1,4-5,8-11H2,(H,21,23). The number of benzene rings is 1. The molecule has 1 aliphatic heterocycles. The first-order valence-electron chi connectivity index (χ1n) is 8.16. The molecule has 1 saturated heterocycles. The highest BCUT2D eigenvalue weighted by molar-refractivity contribution is 5.96. The summed E-state index contributed by atoms with van der Waals surface area (Å²) in [7, 11) is 0. The zero-order valence-electron chi connectivity index (χ0n) is 12.9. The van der Waals surface area contributed by atoms with Crippen molar-refractivity contribution in [3.8, 4) is 0 Å². The van der Waals surface area contributed by atoms with Crippen LogP contribution in [0.1, 0.15) is 48.0 Å². The fraction of sp³-hybridized carbons (Fsp3) is 0.588. The molecule has 126 valence electrons. The number of halogens is 3. The van der Waals surface area contributed by atoms with Gasteiger partial charge in [-0.25, -0.2) is 0 Å². The first kappa shape index (κ1) is 16.3. The summed E-state index contributed by atoms with van der Waals surface area (Å²) in [5, 5.41) is 2.75. The molecule has 0 bridgehead atoms. The summed E-state index contributed by atoms with van der Waals surface area (Å²) in [4.78, 5) is 14.6. The van der Waals surface area contributed by atoms with Crippen LogP contribution in [0.5, 0.6) is 0 Å². The van der Waals surface area contributed by atoms with Crippen molar-refractivity contribution in [2.75, 3.05) is 13.1 Å². The minimum Gasteiger partial charge on any atom is -0.349 e. The molecule has 23 heavy (non-hydrogen) atoms. The van der Waals surface area contributed by atoms with Gasteiger partial charge in [-0.1, -0.05) is 18.6 Å². The minimum absolute atomic E-state index is 0.0179. The Hall–Kier alpha value is -1.56. The third-order valence-corrected chi connectivity index (χ3v) is 4.83. The summed E-state index contributed by atoms with van der Waals surface area (Å²) in [6.45, 7) is 2.20. The summed E-state index contributed by atoms with van der Waals surface area (Å²) in [6, 6.07) is 5.40. The van der Waals surface area contributed by atoms with Gasteiger partial charge in [0.25, 0.3) is 5.91 Å². The van der Waals surface area contributed by atoms with E-state index >= 15 is 0 Å². The number of likely N-dealkylation sites (tertiary alicyclic amines) is 1. The Bertz CT molecular complexity index is 561. The van der Waals surface area contributed by atoms with Crippen LogP contribution in [-0.2, 0) is 6.18 Å². The highest BCUT2D eigenvalue weighted by atomic mass is 19.4. The summed E-state index contributed by atoms with van der Waals surface area (Å²) in [5.74, 6) is -0.625. The SMILES string of the molecule is O=C(NC1CC(N2CCCCC2)C1)c1ccccc1C(F)(F)F. The van der Waals surface area contributed by atoms with E-state index in [0.717, 1.165) is 32.0 Å². The highest BCUT2D eigenvalue weighted by Crippen LogP contribution is 2.33. The second-order valence-electron chi connectivity index (χ2n) is 6.44. The van der Waals surface area contributed by atoms with E-state index in [-0.39, 0.29) is 11.6 Å². The molecule has 3 nitrogen and oxygen atoms in total. The molecular formula is C17H21F3N2O. The molecule has 0 radical (unpaired) electrons. The Morgan fingerprint density at radius 2 is 1.74 bits per heavy atom. The fourth-order valence-corrected chi connectivity index (χ4v) is 3.48. The maximum Gasteiger partial charge on any atom is 0.417 e. The molecular weight excluding hydrogens is 305 g/mol. The number of carbonyl (C=O) groups excluding carboxylic acids is 1. The third-order valence-electron chi connectivity index (χ3n) is 4.83. The number of alkyl halides is 3. The summed E-state index contributed by atoms with van der Waals surface area (Å²) < 4.78 is 38.9. The number of piperidine rings is 1. The summed E-state index contributed by atoms with van der Waals surface area (Å²) in [6.07, 6.45) is 0.861. The molecule has 3 rings (SSSR count). The molecule has 1 N–H and O–H groups in total. The zero-order valence-corrected chi connectivity index (χ0v) is 12.9. The van der Waals surface area contributed by atoms with Crippen LogP contribution in [0.3, 0.4) is 0 Å². The smallest absolute Gasteiger partial charge is 0.349 e. The van der Waals surface area contributed by atoms with Crippen LogP contribution in [0.4, 0.5) is 13.2 Å². The normalized spacial score (nSPS) is 25.7. The largest absolute Gasteiger partial charge is 0.417 e. The van der Waals surface area contributed by atoms with Gasteiger partial charge < -0.3 is 10.2 Å². The summed E-state index contributed by atoms with van der Waals surface area (Å²) in [5.41, 5.74) is -1.16. The van der Waals surface area contributed by atoms with Gasteiger partial charge in [0, 0.05) is 12.1 Å². The molecule has 2 fully saturated rings. The lowest BCUT2D eigenvalue weighted by molar-refractivity contribution is -0.137. The van der Waals surface area contributed by atoms with Crippen LogP contribution in [0.15, 0.2) is 24.3 Å². The lowest BCUT2D eigenvalue weighted by Crippen LogP contribution is -2.55. The second kappa shape index (κ2) is 6.51. The number of nitrogens with one attached hydrogen (secondary N) is 1. The van der Waals surface area contributed by atoms with Gasteiger partial charge in [0.1, 0.15) is 0 Å². The average molecular weight is 326 g/mol. The lowest BCUT2D eigenvalue weighted by atomic mass is 9.84. The Balaban J connectivity index is 1.57. The number of nitrogens with zero attached hydrogens (tertiary/aromatic N) is 1. The fourth-order valence-electron chi connectivity index (χ4n) is 3.48. The molecule has 0 atom stereocenters. The maximum absolute atomic E-state index is 13.0. The molecule has 1 aromatic carbocycles. The molecule has 1 saturated carbocycles. The van der Waals surface area contributed by atoms with E-state index in [4.69, 9.17) is 0 Å². The van der Waals surface area contributed by atoms with E-state index in [2.05, 4.69) is 10.2 Å². The van der Waals surface area contributed by atoms with E-state index in [1.54, 1.807) is 0 Å².